The van der Waals surface area contributed by atoms with E-state index < -0.39 is 0 Å². The van der Waals surface area contributed by atoms with Crippen LogP contribution in [-0.2, 0) is 4.79 Å². The van der Waals surface area contributed by atoms with E-state index in [4.69, 9.17) is 0 Å². The van der Waals surface area contributed by atoms with E-state index in [0.717, 1.165) is 30.4 Å². The highest BCUT2D eigenvalue weighted by molar-refractivity contribution is 5.94. The summed E-state index contributed by atoms with van der Waals surface area (Å²) < 4.78 is 13.8. The van der Waals surface area contributed by atoms with Gasteiger partial charge in [-0.05, 0) is 61.1 Å². The van der Waals surface area contributed by atoms with Crippen LogP contribution in [-0.4, -0.2) is 35.8 Å². The maximum Gasteiger partial charge on any atom is 0.253 e. The lowest BCUT2D eigenvalue weighted by Gasteiger charge is -2.25. The highest BCUT2D eigenvalue weighted by Crippen LogP contribution is 2.26. The Morgan fingerprint density at radius 2 is 1.79 bits per heavy atom. The predicted octanol–water partition coefficient (Wildman–Crippen LogP) is 4.32. The molecule has 1 N–H and O–H groups in total. The number of nitrogens with zero attached hydrogens (tertiary/aromatic N) is 1. The van der Waals surface area contributed by atoms with E-state index in [9.17, 15) is 14.0 Å². The summed E-state index contributed by atoms with van der Waals surface area (Å²) in [4.78, 5) is 26.2. The normalized spacial score (nSPS) is 18.7. The number of aryl methyl sites for hydroxylation is 1. The Morgan fingerprint density at radius 1 is 1.11 bits per heavy atom. The third-order valence-electron chi connectivity index (χ3n) is 5.60. The lowest BCUT2D eigenvalue weighted by atomic mass is 10.0. The topological polar surface area (TPSA) is 49.4 Å². The molecule has 0 aromatic heterocycles. The van der Waals surface area contributed by atoms with Crippen LogP contribution in [0.3, 0.4) is 0 Å². The van der Waals surface area contributed by atoms with Crippen molar-refractivity contribution in [2.75, 3.05) is 7.05 Å². The van der Waals surface area contributed by atoms with E-state index in [-0.39, 0.29) is 29.7 Å². The van der Waals surface area contributed by atoms with Gasteiger partial charge in [-0.3, -0.25) is 9.59 Å². The molecule has 0 saturated heterocycles. The molecule has 3 rings (SSSR count). The molecule has 1 aliphatic carbocycles. The van der Waals surface area contributed by atoms with Gasteiger partial charge in [-0.15, -0.1) is 0 Å². The van der Waals surface area contributed by atoms with Gasteiger partial charge in [0.2, 0.25) is 5.91 Å². The van der Waals surface area contributed by atoms with Crippen molar-refractivity contribution in [3.63, 3.8) is 0 Å². The molecule has 0 bridgehead atoms. The van der Waals surface area contributed by atoms with Gasteiger partial charge in [0.15, 0.2) is 0 Å². The molecule has 1 fully saturated rings. The summed E-state index contributed by atoms with van der Waals surface area (Å²) in [7, 11) is 1.82. The Labute approximate surface area is 165 Å². The number of benzene rings is 2. The number of nitrogens with one attached hydrogen (secondary N) is 1. The molecule has 0 radical (unpaired) electrons. The molecule has 2 aromatic rings. The molecule has 2 aromatic carbocycles. The SMILES string of the molecule is CCC(=O)NC1CCC(N(C)C(=O)c2ccc(-c3ccc(C)c(F)c3)cc2)C1. The van der Waals surface area contributed by atoms with Crippen molar-refractivity contribution in [2.24, 2.45) is 0 Å². The summed E-state index contributed by atoms with van der Waals surface area (Å²) in [6.07, 6.45) is 3.05. The standard InChI is InChI=1S/C23H27FN2O2/c1-4-22(27)25-19-11-12-20(14-19)26(3)23(28)17-9-7-16(8-10-17)18-6-5-15(2)21(24)13-18/h5-10,13,19-20H,4,11-12,14H2,1-3H3,(H,25,27). The van der Waals surface area contributed by atoms with Crippen LogP contribution in [0.2, 0.25) is 0 Å². The highest BCUT2D eigenvalue weighted by Gasteiger charge is 2.30. The average Bonchev–Trinajstić information content (AvgIpc) is 3.17. The van der Waals surface area contributed by atoms with Crippen LogP contribution in [0.25, 0.3) is 11.1 Å². The first kappa shape index (κ1) is 20.1. The zero-order valence-corrected chi connectivity index (χ0v) is 16.7. The number of hydrogen-bond donors (Lipinski definition) is 1. The molecular weight excluding hydrogens is 355 g/mol. The molecular formula is C23H27FN2O2. The van der Waals surface area contributed by atoms with E-state index in [2.05, 4.69) is 5.32 Å². The minimum Gasteiger partial charge on any atom is -0.353 e. The van der Waals surface area contributed by atoms with Crippen molar-refractivity contribution in [1.82, 2.24) is 10.2 Å². The molecule has 2 atom stereocenters. The maximum absolute atomic E-state index is 13.8. The fourth-order valence-electron chi connectivity index (χ4n) is 3.72. The molecule has 28 heavy (non-hydrogen) atoms. The number of carbonyl (C=O) groups is 2. The summed E-state index contributed by atoms with van der Waals surface area (Å²) >= 11 is 0. The molecule has 1 aliphatic rings. The number of halogens is 1. The maximum atomic E-state index is 13.8. The van der Waals surface area contributed by atoms with Crippen molar-refractivity contribution >= 4 is 11.8 Å². The first-order chi connectivity index (χ1) is 13.4. The first-order valence-corrected chi connectivity index (χ1v) is 9.82. The van der Waals surface area contributed by atoms with Gasteiger partial charge in [0.25, 0.3) is 5.91 Å². The van der Waals surface area contributed by atoms with Gasteiger partial charge in [0, 0.05) is 31.1 Å². The lowest BCUT2D eigenvalue weighted by Crippen LogP contribution is -2.38. The highest BCUT2D eigenvalue weighted by atomic mass is 19.1. The molecule has 148 valence electrons. The Hall–Kier alpha value is -2.69. The molecule has 2 unspecified atom stereocenters. The minimum atomic E-state index is -0.233. The molecule has 0 heterocycles. The van der Waals surface area contributed by atoms with Gasteiger partial charge in [-0.2, -0.15) is 0 Å². The van der Waals surface area contributed by atoms with Gasteiger partial charge in [0.05, 0.1) is 0 Å². The van der Waals surface area contributed by atoms with Gasteiger partial charge in [-0.1, -0.05) is 31.2 Å². The number of hydrogen-bond acceptors (Lipinski definition) is 2. The van der Waals surface area contributed by atoms with Crippen LogP contribution in [0.5, 0.6) is 0 Å². The second kappa shape index (κ2) is 8.55. The van der Waals surface area contributed by atoms with Gasteiger partial charge in [0.1, 0.15) is 5.82 Å². The van der Waals surface area contributed by atoms with Crippen molar-refractivity contribution in [1.29, 1.82) is 0 Å². The van der Waals surface area contributed by atoms with Gasteiger partial charge >= 0.3 is 0 Å². The second-order valence-corrected chi connectivity index (χ2v) is 7.54. The van der Waals surface area contributed by atoms with Crippen molar-refractivity contribution in [3.05, 3.63) is 59.4 Å². The second-order valence-electron chi connectivity index (χ2n) is 7.54. The van der Waals surface area contributed by atoms with Crippen LogP contribution in [0.1, 0.15) is 48.5 Å². The molecule has 0 aliphatic heterocycles. The average molecular weight is 382 g/mol. The van der Waals surface area contributed by atoms with Crippen LogP contribution in [0.4, 0.5) is 4.39 Å². The predicted molar refractivity (Wildman–Crippen MR) is 109 cm³/mol. The van der Waals surface area contributed by atoms with Crippen molar-refractivity contribution < 1.29 is 14.0 Å². The fourth-order valence-corrected chi connectivity index (χ4v) is 3.72. The number of rotatable bonds is 5. The molecule has 1 saturated carbocycles. The van der Waals surface area contributed by atoms with E-state index >= 15 is 0 Å². The largest absolute Gasteiger partial charge is 0.353 e. The van der Waals surface area contributed by atoms with Crippen molar-refractivity contribution in [2.45, 2.75) is 51.6 Å². The Bertz CT molecular complexity index is 863. The summed E-state index contributed by atoms with van der Waals surface area (Å²) in [6, 6.07) is 12.7. The van der Waals surface area contributed by atoms with Gasteiger partial charge in [-0.25, -0.2) is 4.39 Å². The summed E-state index contributed by atoms with van der Waals surface area (Å²) in [5.74, 6) is -0.208. The number of amides is 2. The number of carbonyl (C=O) groups excluding carboxylic acids is 2. The summed E-state index contributed by atoms with van der Waals surface area (Å²) in [6.45, 7) is 3.57. The van der Waals surface area contributed by atoms with Crippen LogP contribution in [0.15, 0.2) is 42.5 Å². The zero-order valence-electron chi connectivity index (χ0n) is 16.7. The van der Waals surface area contributed by atoms with Crippen molar-refractivity contribution in [3.8, 4) is 11.1 Å². The van der Waals surface area contributed by atoms with Crippen LogP contribution < -0.4 is 5.32 Å². The van der Waals surface area contributed by atoms with Crippen LogP contribution >= 0.6 is 0 Å². The first-order valence-electron chi connectivity index (χ1n) is 9.82. The monoisotopic (exact) mass is 382 g/mol. The Kier molecular flexibility index (Phi) is 6.12. The van der Waals surface area contributed by atoms with E-state index in [1.54, 1.807) is 30.0 Å². The quantitative estimate of drug-likeness (QED) is 0.837. The zero-order chi connectivity index (χ0) is 20.3. The summed E-state index contributed by atoms with van der Waals surface area (Å²) in [5.41, 5.74) is 2.89. The Balaban J connectivity index is 1.65. The molecule has 0 spiro atoms. The summed E-state index contributed by atoms with van der Waals surface area (Å²) in [5, 5.41) is 3.02. The smallest absolute Gasteiger partial charge is 0.253 e. The van der Waals surface area contributed by atoms with Gasteiger partial charge < -0.3 is 10.2 Å². The molecule has 5 heteroatoms. The third-order valence-corrected chi connectivity index (χ3v) is 5.60. The van der Waals surface area contributed by atoms with E-state index in [0.29, 0.717) is 17.5 Å². The molecule has 2 amide bonds. The Morgan fingerprint density at radius 3 is 2.43 bits per heavy atom. The molecule has 4 nitrogen and oxygen atoms in total. The minimum absolute atomic E-state index is 0.0332. The van der Waals surface area contributed by atoms with Crippen LogP contribution in [0, 0.1) is 12.7 Å². The lowest BCUT2D eigenvalue weighted by molar-refractivity contribution is -0.121. The fraction of sp³-hybridized carbons (Fsp3) is 0.391. The van der Waals surface area contributed by atoms with E-state index in [1.807, 2.05) is 32.2 Å². The van der Waals surface area contributed by atoms with E-state index in [1.165, 1.54) is 6.07 Å². The third kappa shape index (κ3) is 4.41.